The van der Waals surface area contributed by atoms with E-state index < -0.39 is 11.7 Å². The van der Waals surface area contributed by atoms with Gasteiger partial charge in [-0.05, 0) is 34.9 Å². The van der Waals surface area contributed by atoms with Crippen LogP contribution in [-0.2, 0) is 12.7 Å². The fourth-order valence-corrected chi connectivity index (χ4v) is 1.98. The predicted molar refractivity (Wildman–Crippen MR) is 78.6 cm³/mol. The van der Waals surface area contributed by atoms with E-state index in [4.69, 9.17) is 10.5 Å². The Labute approximate surface area is 127 Å². The standard InChI is InChI=1S/C15H14F3NO.ClH/c1-20-13-6-4-10(5-7-13)11-2-3-12(9-19)14(8-11)15(16,17)18;/h2-8H,9,19H2,1H3;1H. The summed E-state index contributed by atoms with van der Waals surface area (Å²) in [6.45, 7) is -0.141. The molecule has 0 aliphatic heterocycles. The van der Waals surface area contributed by atoms with Crippen LogP contribution in [0.5, 0.6) is 5.75 Å². The Morgan fingerprint density at radius 3 is 2.05 bits per heavy atom. The second-order valence-electron chi connectivity index (χ2n) is 4.30. The van der Waals surface area contributed by atoms with Gasteiger partial charge in [0.15, 0.2) is 0 Å². The zero-order valence-corrected chi connectivity index (χ0v) is 12.1. The Kier molecular flexibility index (Phi) is 5.63. The number of halogens is 4. The molecular formula is C15H15ClF3NO. The molecule has 0 aliphatic rings. The van der Waals surface area contributed by atoms with Gasteiger partial charge in [-0.2, -0.15) is 13.2 Å². The molecule has 0 spiro atoms. The van der Waals surface area contributed by atoms with Gasteiger partial charge in [0.05, 0.1) is 12.7 Å². The minimum Gasteiger partial charge on any atom is -0.497 e. The van der Waals surface area contributed by atoms with Crippen molar-refractivity contribution in [1.82, 2.24) is 0 Å². The predicted octanol–water partition coefficient (Wildman–Crippen LogP) is 4.26. The van der Waals surface area contributed by atoms with Crippen molar-refractivity contribution in [3.63, 3.8) is 0 Å². The molecular weight excluding hydrogens is 303 g/mol. The third-order valence-electron chi connectivity index (χ3n) is 3.06. The maximum atomic E-state index is 13.0. The van der Waals surface area contributed by atoms with Crippen LogP contribution in [0.15, 0.2) is 42.5 Å². The topological polar surface area (TPSA) is 35.2 Å². The summed E-state index contributed by atoms with van der Waals surface area (Å²) in [7, 11) is 1.53. The maximum Gasteiger partial charge on any atom is 0.416 e. The van der Waals surface area contributed by atoms with Gasteiger partial charge in [-0.3, -0.25) is 0 Å². The van der Waals surface area contributed by atoms with Crippen LogP contribution in [0, 0.1) is 0 Å². The van der Waals surface area contributed by atoms with Crippen LogP contribution < -0.4 is 10.5 Å². The SMILES string of the molecule is COc1ccc(-c2ccc(CN)c(C(F)(F)F)c2)cc1.Cl. The lowest BCUT2D eigenvalue weighted by molar-refractivity contribution is -0.138. The van der Waals surface area contributed by atoms with Crippen LogP contribution in [0.25, 0.3) is 11.1 Å². The summed E-state index contributed by atoms with van der Waals surface area (Å²) in [5, 5.41) is 0. The minimum atomic E-state index is -4.41. The monoisotopic (exact) mass is 317 g/mol. The third-order valence-corrected chi connectivity index (χ3v) is 3.06. The Bertz CT molecular complexity index is 597. The van der Waals surface area contributed by atoms with Crippen molar-refractivity contribution in [3.8, 4) is 16.9 Å². The number of nitrogens with two attached hydrogens (primary N) is 1. The molecule has 0 bridgehead atoms. The second kappa shape index (κ2) is 6.83. The van der Waals surface area contributed by atoms with Crippen LogP contribution in [0.2, 0.25) is 0 Å². The van der Waals surface area contributed by atoms with Gasteiger partial charge >= 0.3 is 6.18 Å². The van der Waals surface area contributed by atoms with E-state index in [9.17, 15) is 13.2 Å². The quantitative estimate of drug-likeness (QED) is 0.918. The van der Waals surface area contributed by atoms with Crippen molar-refractivity contribution < 1.29 is 17.9 Å². The summed E-state index contributed by atoms with van der Waals surface area (Å²) in [6.07, 6.45) is -4.41. The van der Waals surface area contributed by atoms with Crippen molar-refractivity contribution in [2.75, 3.05) is 7.11 Å². The maximum absolute atomic E-state index is 13.0. The summed E-state index contributed by atoms with van der Waals surface area (Å²) in [5.74, 6) is 0.656. The van der Waals surface area contributed by atoms with Gasteiger partial charge in [0.25, 0.3) is 0 Å². The number of hydrogen-bond acceptors (Lipinski definition) is 2. The van der Waals surface area contributed by atoms with E-state index in [0.717, 1.165) is 6.07 Å². The van der Waals surface area contributed by atoms with Crippen LogP contribution in [-0.4, -0.2) is 7.11 Å². The molecule has 21 heavy (non-hydrogen) atoms. The van der Waals surface area contributed by atoms with E-state index in [-0.39, 0.29) is 24.5 Å². The fraction of sp³-hybridized carbons (Fsp3) is 0.200. The van der Waals surface area contributed by atoms with Crippen LogP contribution in [0.1, 0.15) is 11.1 Å². The van der Waals surface area contributed by atoms with Gasteiger partial charge in [-0.1, -0.05) is 24.3 Å². The summed E-state index contributed by atoms with van der Waals surface area (Å²) in [5.41, 5.74) is 5.95. The average Bonchev–Trinajstić information content (AvgIpc) is 2.46. The van der Waals surface area contributed by atoms with Gasteiger partial charge in [0.1, 0.15) is 5.75 Å². The number of alkyl halides is 3. The van der Waals surface area contributed by atoms with Crippen molar-refractivity contribution >= 4 is 12.4 Å². The Hall–Kier alpha value is -1.72. The zero-order chi connectivity index (χ0) is 14.8. The fourth-order valence-electron chi connectivity index (χ4n) is 1.98. The van der Waals surface area contributed by atoms with E-state index in [1.165, 1.54) is 13.2 Å². The number of benzene rings is 2. The lowest BCUT2D eigenvalue weighted by Crippen LogP contribution is -2.12. The molecule has 0 unspecified atom stereocenters. The van der Waals surface area contributed by atoms with Crippen LogP contribution in [0.3, 0.4) is 0 Å². The van der Waals surface area contributed by atoms with Crippen LogP contribution >= 0.6 is 12.4 Å². The molecule has 2 aromatic rings. The summed E-state index contributed by atoms with van der Waals surface area (Å²) in [6, 6.07) is 11.0. The molecule has 2 rings (SSSR count). The number of rotatable bonds is 3. The van der Waals surface area contributed by atoms with Gasteiger partial charge in [-0.25, -0.2) is 0 Å². The Balaban J connectivity index is 0.00000220. The first-order chi connectivity index (χ1) is 9.45. The summed E-state index contributed by atoms with van der Waals surface area (Å²) in [4.78, 5) is 0. The molecule has 0 atom stereocenters. The number of methoxy groups -OCH3 is 1. The average molecular weight is 318 g/mol. The molecule has 114 valence electrons. The van der Waals surface area contributed by atoms with Gasteiger partial charge < -0.3 is 10.5 Å². The summed E-state index contributed by atoms with van der Waals surface area (Å²) < 4.78 is 43.9. The van der Waals surface area contributed by atoms with Crippen LogP contribution in [0.4, 0.5) is 13.2 Å². The molecule has 2 N–H and O–H groups in total. The van der Waals surface area contributed by atoms with E-state index in [2.05, 4.69) is 0 Å². The molecule has 0 fully saturated rings. The second-order valence-corrected chi connectivity index (χ2v) is 4.30. The molecule has 0 radical (unpaired) electrons. The highest BCUT2D eigenvalue weighted by atomic mass is 35.5. The molecule has 0 heterocycles. The highest BCUT2D eigenvalue weighted by Gasteiger charge is 2.33. The normalized spacial score (nSPS) is 10.9. The molecule has 6 heteroatoms. The van der Waals surface area contributed by atoms with Gasteiger partial charge in [-0.15, -0.1) is 12.4 Å². The molecule has 0 amide bonds. The zero-order valence-electron chi connectivity index (χ0n) is 11.3. The lowest BCUT2D eigenvalue weighted by Gasteiger charge is -2.13. The van der Waals surface area contributed by atoms with E-state index in [1.807, 2.05) is 0 Å². The number of hydrogen-bond donors (Lipinski definition) is 1. The molecule has 2 nitrogen and oxygen atoms in total. The molecule has 0 aromatic heterocycles. The van der Waals surface area contributed by atoms with Crippen molar-refractivity contribution in [3.05, 3.63) is 53.6 Å². The smallest absolute Gasteiger partial charge is 0.416 e. The first-order valence-corrected chi connectivity index (χ1v) is 6.00. The molecule has 0 aliphatic carbocycles. The lowest BCUT2D eigenvalue weighted by atomic mass is 9.98. The summed E-state index contributed by atoms with van der Waals surface area (Å²) >= 11 is 0. The van der Waals surface area contributed by atoms with E-state index >= 15 is 0 Å². The van der Waals surface area contributed by atoms with Crippen molar-refractivity contribution in [2.45, 2.75) is 12.7 Å². The number of ether oxygens (including phenoxy) is 1. The first-order valence-electron chi connectivity index (χ1n) is 6.00. The molecule has 0 saturated heterocycles. The van der Waals surface area contributed by atoms with Gasteiger partial charge in [0, 0.05) is 6.54 Å². The Morgan fingerprint density at radius 2 is 1.57 bits per heavy atom. The van der Waals surface area contributed by atoms with E-state index in [0.29, 0.717) is 16.9 Å². The largest absolute Gasteiger partial charge is 0.497 e. The molecule has 2 aromatic carbocycles. The first kappa shape index (κ1) is 17.3. The minimum absolute atomic E-state index is 0. The van der Waals surface area contributed by atoms with E-state index in [1.54, 1.807) is 30.3 Å². The van der Waals surface area contributed by atoms with Gasteiger partial charge in [0.2, 0.25) is 0 Å². The third kappa shape index (κ3) is 3.89. The Morgan fingerprint density at radius 1 is 1.00 bits per heavy atom. The van der Waals surface area contributed by atoms with Crippen molar-refractivity contribution in [2.24, 2.45) is 5.73 Å². The molecule has 0 saturated carbocycles. The highest BCUT2D eigenvalue weighted by Crippen LogP contribution is 2.35. The van der Waals surface area contributed by atoms with Crippen molar-refractivity contribution in [1.29, 1.82) is 0 Å². The highest BCUT2D eigenvalue weighted by molar-refractivity contribution is 5.85.